The number of hydrogen-bond acceptors (Lipinski definition) is 4. The minimum Gasteiger partial charge on any atom is -0.388 e. The third-order valence-corrected chi connectivity index (χ3v) is 8.60. The molecule has 0 aromatic heterocycles. The van der Waals surface area contributed by atoms with E-state index in [2.05, 4.69) is 26.1 Å². The van der Waals surface area contributed by atoms with E-state index >= 15 is 0 Å². The van der Waals surface area contributed by atoms with Gasteiger partial charge in [-0.05, 0) is 70.1 Å². The number of alkyl halides is 1. The molecular weight excluding hydrogens is 453 g/mol. The highest BCUT2D eigenvalue weighted by Gasteiger charge is 2.43. The highest BCUT2D eigenvalue weighted by atomic mass is 19.1. The lowest BCUT2D eigenvalue weighted by molar-refractivity contribution is -0.102. The van der Waals surface area contributed by atoms with E-state index < -0.39 is 11.8 Å². The Labute approximate surface area is 223 Å². The van der Waals surface area contributed by atoms with Crippen molar-refractivity contribution in [2.24, 2.45) is 11.8 Å². The Morgan fingerprint density at radius 2 is 1.42 bits per heavy atom. The Kier molecular flexibility index (Phi) is 19.4. The van der Waals surface area contributed by atoms with Crippen LogP contribution in [-0.4, -0.2) is 47.5 Å². The van der Waals surface area contributed by atoms with Crippen LogP contribution in [0, 0.1) is 11.8 Å². The molecule has 2 unspecified atom stereocenters. The first-order valence-corrected chi connectivity index (χ1v) is 15.7. The van der Waals surface area contributed by atoms with Crippen LogP contribution in [0.4, 0.5) is 4.39 Å². The molecule has 0 saturated heterocycles. The molecule has 6 atom stereocenters. The lowest BCUT2D eigenvalue weighted by atomic mass is 9.70. The van der Waals surface area contributed by atoms with Crippen LogP contribution in [0.15, 0.2) is 0 Å². The number of ether oxygens (including phenoxy) is 1. The van der Waals surface area contributed by atoms with Crippen LogP contribution in [0.5, 0.6) is 0 Å². The maximum absolute atomic E-state index is 12.1. The van der Waals surface area contributed by atoms with E-state index in [0.29, 0.717) is 5.92 Å². The van der Waals surface area contributed by atoms with Crippen LogP contribution >= 0.6 is 0 Å². The Bertz CT molecular complexity index is 504. The molecule has 36 heavy (non-hydrogen) atoms. The van der Waals surface area contributed by atoms with Crippen molar-refractivity contribution in [1.29, 1.82) is 0 Å². The van der Waals surface area contributed by atoms with Crippen LogP contribution in [0.2, 0.25) is 0 Å². The first-order chi connectivity index (χ1) is 17.4. The number of halogens is 1. The normalized spacial score (nSPS) is 23.9. The third-order valence-electron chi connectivity index (χ3n) is 8.60. The van der Waals surface area contributed by atoms with Crippen molar-refractivity contribution in [3.63, 3.8) is 0 Å². The molecule has 4 nitrogen and oxygen atoms in total. The minimum absolute atomic E-state index is 0.110. The van der Waals surface area contributed by atoms with Gasteiger partial charge in [0.25, 0.3) is 0 Å². The molecule has 1 rings (SSSR count). The molecule has 0 bridgehead atoms. The van der Waals surface area contributed by atoms with Gasteiger partial charge in [0, 0.05) is 12.6 Å². The van der Waals surface area contributed by atoms with E-state index in [-0.39, 0.29) is 24.7 Å². The van der Waals surface area contributed by atoms with E-state index in [9.17, 15) is 14.6 Å². The Balaban J connectivity index is 2.17. The van der Waals surface area contributed by atoms with Crippen LogP contribution in [0.1, 0.15) is 150 Å². The third kappa shape index (κ3) is 14.1. The summed E-state index contributed by atoms with van der Waals surface area (Å²) in [5.74, 6) is 0.743. The monoisotopic (exact) mass is 515 g/mol. The zero-order chi connectivity index (χ0) is 26.7. The average molecular weight is 516 g/mol. The molecule has 0 aromatic rings. The summed E-state index contributed by atoms with van der Waals surface area (Å²) in [6.45, 7) is 9.11. The largest absolute Gasteiger partial charge is 0.388 e. The lowest BCUT2D eigenvalue weighted by Gasteiger charge is -2.45. The van der Waals surface area contributed by atoms with Gasteiger partial charge in [-0.3, -0.25) is 9.71 Å². The summed E-state index contributed by atoms with van der Waals surface area (Å²) in [6.07, 6.45) is 20.8. The van der Waals surface area contributed by atoms with Gasteiger partial charge in [0.1, 0.15) is 6.23 Å². The molecule has 5 heteroatoms. The first-order valence-electron chi connectivity index (χ1n) is 15.7. The van der Waals surface area contributed by atoms with E-state index in [1.165, 1.54) is 57.8 Å². The van der Waals surface area contributed by atoms with Gasteiger partial charge in [0.2, 0.25) is 0 Å². The van der Waals surface area contributed by atoms with Gasteiger partial charge >= 0.3 is 0 Å². The van der Waals surface area contributed by atoms with Crippen molar-refractivity contribution in [2.45, 2.75) is 174 Å². The molecule has 216 valence electrons. The molecule has 0 aliphatic heterocycles. The van der Waals surface area contributed by atoms with Crippen molar-refractivity contribution in [3.05, 3.63) is 0 Å². The molecule has 1 aliphatic carbocycles. The maximum Gasteiger partial charge on any atom is 0.105 e. The second-order valence-corrected chi connectivity index (χ2v) is 11.8. The van der Waals surface area contributed by atoms with Crippen LogP contribution in [0.25, 0.3) is 0 Å². The Morgan fingerprint density at radius 1 is 0.889 bits per heavy atom. The summed E-state index contributed by atoms with van der Waals surface area (Å²) in [6, 6.07) is -0.110. The number of hydrogen-bond donors (Lipinski definition) is 3. The number of rotatable bonds is 23. The van der Waals surface area contributed by atoms with Crippen molar-refractivity contribution in [2.75, 3.05) is 13.3 Å². The molecule has 1 saturated carbocycles. The van der Waals surface area contributed by atoms with Crippen LogP contribution < -0.4 is 5.32 Å². The molecule has 0 amide bonds. The molecular formula is C31H62FNO3. The second kappa shape index (κ2) is 20.7. The van der Waals surface area contributed by atoms with Crippen molar-refractivity contribution >= 4 is 0 Å². The van der Waals surface area contributed by atoms with Crippen molar-refractivity contribution in [1.82, 2.24) is 5.32 Å². The summed E-state index contributed by atoms with van der Waals surface area (Å²) < 4.78 is 18.2. The fourth-order valence-electron chi connectivity index (χ4n) is 5.99. The van der Waals surface area contributed by atoms with Gasteiger partial charge in [0.05, 0.1) is 18.4 Å². The molecule has 0 heterocycles. The topological polar surface area (TPSA) is 61.7 Å². The summed E-state index contributed by atoms with van der Waals surface area (Å²) >= 11 is 0. The highest BCUT2D eigenvalue weighted by Crippen LogP contribution is 2.39. The first kappa shape index (κ1) is 33.8. The summed E-state index contributed by atoms with van der Waals surface area (Å²) in [7, 11) is 0. The predicted molar refractivity (Wildman–Crippen MR) is 151 cm³/mol. The van der Waals surface area contributed by atoms with Gasteiger partial charge in [-0.2, -0.15) is 0 Å². The number of aliphatic hydroxyl groups is 2. The fourth-order valence-corrected chi connectivity index (χ4v) is 5.99. The number of unbranched alkanes of at least 4 members (excludes halogenated alkanes) is 12. The molecule has 3 N–H and O–H groups in total. The Morgan fingerprint density at radius 3 is 1.92 bits per heavy atom. The molecule has 0 radical (unpaired) electrons. The summed E-state index contributed by atoms with van der Waals surface area (Å²) in [5.41, 5.74) is -0.849. The molecule has 1 aliphatic rings. The molecule has 0 aromatic carbocycles. The highest BCUT2D eigenvalue weighted by molar-refractivity contribution is 4.97. The van der Waals surface area contributed by atoms with E-state index in [1.807, 2.05) is 6.92 Å². The molecule has 0 spiro atoms. The lowest BCUT2D eigenvalue weighted by Crippen LogP contribution is -2.57. The van der Waals surface area contributed by atoms with E-state index in [4.69, 9.17) is 4.74 Å². The van der Waals surface area contributed by atoms with Crippen LogP contribution in [-0.2, 0) is 4.74 Å². The SMILES string of the molecule is CCCO[C@@H]1C[C@H]([C@@](C)(O)[C@@H](CC)NC(O)CCCCCCCCCCCCCCCF)CCC1C. The van der Waals surface area contributed by atoms with Crippen molar-refractivity contribution in [3.8, 4) is 0 Å². The second-order valence-electron chi connectivity index (χ2n) is 11.8. The predicted octanol–water partition coefficient (Wildman–Crippen LogP) is 8.09. The van der Waals surface area contributed by atoms with E-state index in [0.717, 1.165) is 70.8 Å². The summed E-state index contributed by atoms with van der Waals surface area (Å²) in [5, 5.41) is 25.5. The number of aliphatic hydroxyl groups excluding tert-OH is 1. The average Bonchev–Trinajstić information content (AvgIpc) is 2.86. The van der Waals surface area contributed by atoms with Gasteiger partial charge in [-0.25, -0.2) is 0 Å². The Hall–Kier alpha value is -0.230. The zero-order valence-corrected chi connectivity index (χ0v) is 24.4. The number of nitrogens with one attached hydrogen (secondary N) is 1. The minimum atomic E-state index is -0.849. The maximum atomic E-state index is 12.1. The van der Waals surface area contributed by atoms with Crippen LogP contribution in [0.3, 0.4) is 0 Å². The smallest absolute Gasteiger partial charge is 0.105 e. The van der Waals surface area contributed by atoms with Gasteiger partial charge in [-0.15, -0.1) is 0 Å². The van der Waals surface area contributed by atoms with Gasteiger partial charge in [0.15, 0.2) is 0 Å². The fraction of sp³-hybridized carbons (Fsp3) is 1.00. The zero-order valence-electron chi connectivity index (χ0n) is 24.4. The van der Waals surface area contributed by atoms with Gasteiger partial charge in [-0.1, -0.05) is 91.4 Å². The standard InChI is InChI=1S/C31H62FNO3/c1-5-24-36-28-25-27(22-21-26(28)3)31(4,35)29(6-2)33-30(34)20-18-16-14-12-10-8-7-9-11-13-15-17-19-23-32/h26-30,33-35H,5-25H2,1-4H3/t26?,27-,28-,29-,30?,31-/m1/s1. The molecule has 1 fully saturated rings. The van der Waals surface area contributed by atoms with E-state index in [1.54, 1.807) is 0 Å². The van der Waals surface area contributed by atoms with Gasteiger partial charge < -0.3 is 14.9 Å². The quantitative estimate of drug-likeness (QED) is 0.0950. The summed E-state index contributed by atoms with van der Waals surface area (Å²) in [4.78, 5) is 0. The van der Waals surface area contributed by atoms with Crippen molar-refractivity contribution < 1.29 is 19.3 Å².